The van der Waals surface area contributed by atoms with Crippen LogP contribution in [0.25, 0.3) is 0 Å². The van der Waals surface area contributed by atoms with Crippen molar-refractivity contribution in [3.8, 4) is 0 Å². The fourth-order valence-electron chi connectivity index (χ4n) is 2.78. The van der Waals surface area contributed by atoms with E-state index in [1.54, 1.807) is 0 Å². The highest BCUT2D eigenvalue weighted by Crippen LogP contribution is 2.38. The average molecular weight is 247 g/mol. The summed E-state index contributed by atoms with van der Waals surface area (Å²) in [6, 6.07) is 2.03. The number of nitrogens with one attached hydrogen (secondary N) is 1. The van der Waals surface area contributed by atoms with Crippen molar-refractivity contribution in [2.75, 3.05) is 6.54 Å². The maximum absolute atomic E-state index is 4.72. The molecule has 2 atom stereocenters. The predicted octanol–water partition coefficient (Wildman–Crippen LogP) is 3.27. The Morgan fingerprint density at radius 1 is 1.33 bits per heavy atom. The van der Waals surface area contributed by atoms with Crippen molar-refractivity contribution >= 4 is 0 Å². The molecule has 0 spiro atoms. The molecular formula is C15H25N3. The van der Waals surface area contributed by atoms with Gasteiger partial charge in [-0.2, -0.15) is 0 Å². The second-order valence-corrected chi connectivity index (χ2v) is 5.37. The second-order valence-electron chi connectivity index (χ2n) is 5.37. The summed E-state index contributed by atoms with van der Waals surface area (Å²) in [7, 11) is 0. The van der Waals surface area contributed by atoms with Crippen molar-refractivity contribution in [3.63, 3.8) is 0 Å². The van der Waals surface area contributed by atoms with Crippen LogP contribution in [0.5, 0.6) is 0 Å². The highest BCUT2D eigenvalue weighted by atomic mass is 14.9. The van der Waals surface area contributed by atoms with Gasteiger partial charge in [-0.05, 0) is 44.2 Å². The minimum absolute atomic E-state index is 0.598. The van der Waals surface area contributed by atoms with E-state index in [1.165, 1.54) is 32.1 Å². The first-order chi connectivity index (χ1) is 8.83. The van der Waals surface area contributed by atoms with Crippen molar-refractivity contribution in [1.82, 2.24) is 15.3 Å². The van der Waals surface area contributed by atoms with E-state index in [4.69, 9.17) is 4.98 Å². The van der Waals surface area contributed by atoms with Crippen LogP contribution in [0.3, 0.4) is 0 Å². The molecule has 1 aliphatic carbocycles. The lowest BCUT2D eigenvalue weighted by Gasteiger charge is -2.10. The minimum atomic E-state index is 0.598. The molecule has 1 N–H and O–H groups in total. The van der Waals surface area contributed by atoms with E-state index in [9.17, 15) is 0 Å². The number of rotatable bonds is 6. The van der Waals surface area contributed by atoms with Gasteiger partial charge in [-0.3, -0.25) is 0 Å². The van der Waals surface area contributed by atoms with Crippen molar-refractivity contribution < 1.29 is 0 Å². The smallest absolute Gasteiger partial charge is 0.131 e. The number of hydrogen-bond acceptors (Lipinski definition) is 3. The Labute approximate surface area is 110 Å². The molecule has 1 aromatic rings. The maximum Gasteiger partial charge on any atom is 0.131 e. The standard InChI is InChI=1S/C15H25N3/c1-3-8-16-11-14-7-9-17-15(18-14)13-6-5-12(4-2)10-13/h7,9,12-13,16H,3-6,8,10-11H2,1-2H3. The van der Waals surface area contributed by atoms with Crippen LogP contribution < -0.4 is 5.32 Å². The van der Waals surface area contributed by atoms with Gasteiger partial charge < -0.3 is 5.32 Å². The Morgan fingerprint density at radius 2 is 2.22 bits per heavy atom. The third-order valence-electron chi connectivity index (χ3n) is 3.95. The fourth-order valence-corrected chi connectivity index (χ4v) is 2.78. The van der Waals surface area contributed by atoms with E-state index in [1.807, 2.05) is 12.3 Å². The Bertz CT molecular complexity index is 365. The molecule has 0 radical (unpaired) electrons. The zero-order chi connectivity index (χ0) is 12.8. The Kier molecular flexibility index (Phi) is 5.12. The maximum atomic E-state index is 4.72. The topological polar surface area (TPSA) is 37.8 Å². The summed E-state index contributed by atoms with van der Waals surface area (Å²) >= 11 is 0. The van der Waals surface area contributed by atoms with Gasteiger partial charge in [-0.15, -0.1) is 0 Å². The summed E-state index contributed by atoms with van der Waals surface area (Å²) < 4.78 is 0. The molecule has 0 saturated heterocycles. The molecule has 1 saturated carbocycles. The van der Waals surface area contributed by atoms with Gasteiger partial charge in [-0.1, -0.05) is 20.3 Å². The molecular weight excluding hydrogens is 222 g/mol. The van der Waals surface area contributed by atoms with Crippen LogP contribution in [-0.4, -0.2) is 16.5 Å². The first kappa shape index (κ1) is 13.5. The summed E-state index contributed by atoms with van der Waals surface area (Å²) in [4.78, 5) is 9.20. The number of nitrogens with zero attached hydrogens (tertiary/aromatic N) is 2. The van der Waals surface area contributed by atoms with Gasteiger partial charge in [-0.25, -0.2) is 9.97 Å². The lowest BCUT2D eigenvalue weighted by molar-refractivity contribution is 0.515. The van der Waals surface area contributed by atoms with Gasteiger partial charge in [0.25, 0.3) is 0 Å². The Hall–Kier alpha value is -0.960. The largest absolute Gasteiger partial charge is 0.311 e. The monoisotopic (exact) mass is 247 g/mol. The van der Waals surface area contributed by atoms with Crippen molar-refractivity contribution in [2.24, 2.45) is 5.92 Å². The molecule has 1 fully saturated rings. The Balaban J connectivity index is 1.94. The molecule has 2 rings (SSSR count). The molecule has 1 heterocycles. The zero-order valence-corrected chi connectivity index (χ0v) is 11.7. The highest BCUT2D eigenvalue weighted by molar-refractivity contribution is 5.07. The van der Waals surface area contributed by atoms with E-state index < -0.39 is 0 Å². The molecule has 0 aromatic carbocycles. The molecule has 3 heteroatoms. The normalized spacial score (nSPS) is 23.4. The fraction of sp³-hybridized carbons (Fsp3) is 0.733. The molecule has 0 bridgehead atoms. The molecule has 1 aromatic heterocycles. The van der Waals surface area contributed by atoms with Crippen LogP contribution >= 0.6 is 0 Å². The zero-order valence-electron chi connectivity index (χ0n) is 11.7. The van der Waals surface area contributed by atoms with Crippen LogP contribution in [0.2, 0.25) is 0 Å². The molecule has 100 valence electrons. The van der Waals surface area contributed by atoms with E-state index in [2.05, 4.69) is 24.1 Å². The molecule has 0 aliphatic heterocycles. The van der Waals surface area contributed by atoms with Crippen LogP contribution in [0.4, 0.5) is 0 Å². The van der Waals surface area contributed by atoms with Gasteiger partial charge in [0.15, 0.2) is 0 Å². The van der Waals surface area contributed by atoms with Crippen LogP contribution in [0.1, 0.15) is 63.4 Å². The van der Waals surface area contributed by atoms with Crippen LogP contribution in [0, 0.1) is 5.92 Å². The van der Waals surface area contributed by atoms with Gasteiger partial charge in [0.2, 0.25) is 0 Å². The highest BCUT2D eigenvalue weighted by Gasteiger charge is 2.26. The SMILES string of the molecule is CCCNCc1ccnc(C2CCC(CC)C2)n1. The summed E-state index contributed by atoms with van der Waals surface area (Å²) in [5.41, 5.74) is 1.13. The lowest BCUT2D eigenvalue weighted by atomic mass is 10.0. The van der Waals surface area contributed by atoms with E-state index in [-0.39, 0.29) is 0 Å². The summed E-state index contributed by atoms with van der Waals surface area (Å²) in [5, 5.41) is 3.40. The molecule has 3 nitrogen and oxygen atoms in total. The summed E-state index contributed by atoms with van der Waals surface area (Å²) in [5.74, 6) is 2.56. The second kappa shape index (κ2) is 6.83. The third kappa shape index (κ3) is 3.52. The predicted molar refractivity (Wildman–Crippen MR) is 74.4 cm³/mol. The number of hydrogen-bond donors (Lipinski definition) is 1. The Morgan fingerprint density at radius 3 is 2.94 bits per heavy atom. The number of aromatic nitrogens is 2. The first-order valence-corrected chi connectivity index (χ1v) is 7.36. The van der Waals surface area contributed by atoms with Gasteiger partial charge in [0.05, 0.1) is 5.69 Å². The van der Waals surface area contributed by atoms with Gasteiger partial charge in [0.1, 0.15) is 5.82 Å². The minimum Gasteiger partial charge on any atom is -0.311 e. The molecule has 2 unspecified atom stereocenters. The third-order valence-corrected chi connectivity index (χ3v) is 3.95. The van der Waals surface area contributed by atoms with Gasteiger partial charge in [0, 0.05) is 18.7 Å². The van der Waals surface area contributed by atoms with Crippen molar-refractivity contribution in [3.05, 3.63) is 23.8 Å². The lowest BCUT2D eigenvalue weighted by Crippen LogP contribution is -2.16. The summed E-state index contributed by atoms with van der Waals surface area (Å²) in [6.07, 6.45) is 8.28. The van der Waals surface area contributed by atoms with E-state index in [0.717, 1.165) is 30.5 Å². The summed E-state index contributed by atoms with van der Waals surface area (Å²) in [6.45, 7) is 6.40. The van der Waals surface area contributed by atoms with Gasteiger partial charge >= 0.3 is 0 Å². The van der Waals surface area contributed by atoms with E-state index >= 15 is 0 Å². The molecule has 18 heavy (non-hydrogen) atoms. The molecule has 0 amide bonds. The molecule has 1 aliphatic rings. The van der Waals surface area contributed by atoms with Crippen LogP contribution in [0.15, 0.2) is 12.3 Å². The quantitative estimate of drug-likeness (QED) is 0.784. The van der Waals surface area contributed by atoms with Crippen LogP contribution in [-0.2, 0) is 6.54 Å². The average Bonchev–Trinajstić information content (AvgIpc) is 2.88. The van der Waals surface area contributed by atoms with Crippen molar-refractivity contribution in [2.45, 2.75) is 58.4 Å². The van der Waals surface area contributed by atoms with Crippen molar-refractivity contribution in [1.29, 1.82) is 0 Å². The van der Waals surface area contributed by atoms with E-state index in [0.29, 0.717) is 5.92 Å². The first-order valence-electron chi connectivity index (χ1n) is 7.36.